The Labute approximate surface area is 146 Å². The lowest BCUT2D eigenvalue weighted by Crippen LogP contribution is -2.37. The molecule has 2 heterocycles. The predicted molar refractivity (Wildman–Crippen MR) is 91.2 cm³/mol. The molecule has 1 aromatic heterocycles. The van der Waals surface area contributed by atoms with Gasteiger partial charge in [-0.1, -0.05) is 12.1 Å². The lowest BCUT2D eigenvalue weighted by atomic mass is 10.0. The van der Waals surface area contributed by atoms with Gasteiger partial charge < -0.3 is 15.3 Å². The number of benzene rings is 1. The summed E-state index contributed by atoms with van der Waals surface area (Å²) in [6.45, 7) is 2.21. The zero-order valence-corrected chi connectivity index (χ0v) is 14.6. The normalized spacial score (nSPS) is 21.8. The fraction of sp³-hybridized carbons (Fsp3) is 0.444. The largest absolute Gasteiger partial charge is 0.387 e. The number of aliphatic hydroxyl groups is 1. The third-order valence-electron chi connectivity index (χ3n) is 4.99. The predicted octanol–water partition coefficient (Wildman–Crippen LogP) is 1.46. The second kappa shape index (κ2) is 6.93. The van der Waals surface area contributed by atoms with Crippen LogP contribution in [-0.4, -0.2) is 45.3 Å². The minimum atomic E-state index is -0.840. The van der Waals surface area contributed by atoms with Crippen molar-refractivity contribution in [3.8, 4) is 0 Å². The summed E-state index contributed by atoms with van der Waals surface area (Å²) >= 11 is 0. The minimum absolute atomic E-state index is 0.0472. The van der Waals surface area contributed by atoms with Gasteiger partial charge in [-0.3, -0.25) is 9.48 Å². The first-order valence-corrected chi connectivity index (χ1v) is 8.29. The van der Waals surface area contributed by atoms with Crippen molar-refractivity contribution in [3.63, 3.8) is 0 Å². The fourth-order valence-corrected chi connectivity index (χ4v) is 3.38. The lowest BCUT2D eigenvalue weighted by Gasteiger charge is -2.26. The summed E-state index contributed by atoms with van der Waals surface area (Å²) in [7, 11) is 3.65. The van der Waals surface area contributed by atoms with Crippen LogP contribution in [-0.2, 0) is 11.8 Å². The highest BCUT2D eigenvalue weighted by atomic mass is 19.1. The maximum absolute atomic E-state index is 13.3. The molecule has 1 amide bonds. The van der Waals surface area contributed by atoms with E-state index >= 15 is 0 Å². The first-order valence-electron chi connectivity index (χ1n) is 8.29. The quantitative estimate of drug-likeness (QED) is 0.860. The summed E-state index contributed by atoms with van der Waals surface area (Å²) < 4.78 is 15.1. The van der Waals surface area contributed by atoms with Crippen LogP contribution in [0.3, 0.4) is 0 Å². The molecule has 1 aromatic carbocycles. The van der Waals surface area contributed by atoms with Crippen molar-refractivity contribution >= 4 is 5.91 Å². The molecule has 1 fully saturated rings. The van der Waals surface area contributed by atoms with Crippen LogP contribution >= 0.6 is 0 Å². The summed E-state index contributed by atoms with van der Waals surface area (Å²) in [5, 5.41) is 17.8. The number of carbonyl (C=O) groups is 1. The van der Waals surface area contributed by atoms with Crippen LogP contribution in [0, 0.1) is 12.7 Å². The van der Waals surface area contributed by atoms with Crippen LogP contribution < -0.4 is 5.32 Å². The smallest absolute Gasteiger partial charge is 0.224 e. The number of carbonyl (C=O) groups excluding carboxylic acids is 1. The zero-order valence-electron chi connectivity index (χ0n) is 14.6. The van der Waals surface area contributed by atoms with E-state index in [9.17, 15) is 14.3 Å². The van der Waals surface area contributed by atoms with E-state index in [2.05, 4.69) is 10.4 Å². The zero-order chi connectivity index (χ0) is 18.1. The van der Waals surface area contributed by atoms with E-state index in [1.54, 1.807) is 35.0 Å². The van der Waals surface area contributed by atoms with Gasteiger partial charge in [-0.15, -0.1) is 0 Å². The molecule has 6 nitrogen and oxygen atoms in total. The number of hydrogen-bond donors (Lipinski definition) is 2. The van der Waals surface area contributed by atoms with E-state index in [-0.39, 0.29) is 30.4 Å². The number of aryl methyl sites for hydroxylation is 1. The first-order chi connectivity index (χ1) is 11.9. The van der Waals surface area contributed by atoms with Gasteiger partial charge in [-0.05, 0) is 24.6 Å². The Balaban J connectivity index is 1.74. The molecule has 0 radical (unpaired) electrons. The summed E-state index contributed by atoms with van der Waals surface area (Å²) in [4.78, 5) is 13.9. The van der Waals surface area contributed by atoms with Gasteiger partial charge in [-0.25, -0.2) is 4.39 Å². The average Bonchev–Trinajstić information content (AvgIpc) is 3.05. The van der Waals surface area contributed by atoms with Crippen molar-refractivity contribution in [2.24, 2.45) is 7.05 Å². The Hall–Kier alpha value is -2.25. The fourth-order valence-electron chi connectivity index (χ4n) is 3.38. The van der Waals surface area contributed by atoms with E-state index in [1.807, 2.05) is 14.0 Å². The van der Waals surface area contributed by atoms with Gasteiger partial charge >= 0.3 is 0 Å². The molecule has 0 aliphatic carbocycles. The maximum atomic E-state index is 13.3. The van der Waals surface area contributed by atoms with Gasteiger partial charge in [0.25, 0.3) is 0 Å². The van der Waals surface area contributed by atoms with Gasteiger partial charge in [0.15, 0.2) is 0 Å². The second-order valence-corrected chi connectivity index (χ2v) is 6.55. The van der Waals surface area contributed by atoms with Gasteiger partial charge in [0.2, 0.25) is 5.91 Å². The molecule has 0 saturated carbocycles. The van der Waals surface area contributed by atoms with E-state index in [4.69, 9.17) is 0 Å². The molecule has 1 aliphatic heterocycles. The average molecular weight is 346 g/mol. The number of halogens is 1. The van der Waals surface area contributed by atoms with Gasteiger partial charge in [0, 0.05) is 44.4 Å². The molecular formula is C18H23FN4O2. The number of nitrogens with zero attached hydrogens (tertiary/aromatic N) is 3. The molecule has 0 spiro atoms. The van der Waals surface area contributed by atoms with Crippen LogP contribution in [0.4, 0.5) is 4.39 Å². The number of hydrogen-bond acceptors (Lipinski definition) is 4. The second-order valence-electron chi connectivity index (χ2n) is 6.55. The van der Waals surface area contributed by atoms with E-state index in [0.29, 0.717) is 12.0 Å². The highest BCUT2D eigenvalue weighted by molar-refractivity contribution is 5.80. The van der Waals surface area contributed by atoms with Crippen molar-refractivity contribution in [1.82, 2.24) is 20.0 Å². The Bertz CT molecular complexity index is 776. The number of aliphatic hydroxyl groups excluding tert-OH is 1. The molecule has 2 N–H and O–H groups in total. The Morgan fingerprint density at radius 3 is 2.84 bits per heavy atom. The van der Waals surface area contributed by atoms with Crippen LogP contribution in [0.1, 0.15) is 35.4 Å². The third kappa shape index (κ3) is 3.43. The molecule has 1 unspecified atom stereocenters. The molecule has 25 heavy (non-hydrogen) atoms. The SMILES string of the molecule is Cc1c([C@H]2[C@H](NCC(O)c3cccc(F)c3)CC(=O)N2C)cnn1C. The van der Waals surface area contributed by atoms with E-state index < -0.39 is 6.10 Å². The Morgan fingerprint density at radius 2 is 2.20 bits per heavy atom. The standard InChI is InChI=1S/C18H23FN4O2/c1-11-14(9-21-23(11)3)18-15(8-17(25)22(18)2)20-10-16(24)12-5-4-6-13(19)7-12/h4-7,9,15-16,18,20,24H,8,10H2,1-3H3/t15-,16?,18+/m1/s1. The lowest BCUT2D eigenvalue weighted by molar-refractivity contribution is -0.127. The van der Waals surface area contributed by atoms with Crippen molar-refractivity contribution < 1.29 is 14.3 Å². The number of aromatic nitrogens is 2. The Morgan fingerprint density at radius 1 is 1.44 bits per heavy atom. The molecule has 3 atom stereocenters. The number of likely N-dealkylation sites (N-methyl/N-ethyl adjacent to an activating group) is 1. The van der Waals surface area contributed by atoms with Crippen LogP contribution in [0.15, 0.2) is 30.5 Å². The number of nitrogens with one attached hydrogen (secondary N) is 1. The van der Waals surface area contributed by atoms with Crippen molar-refractivity contribution in [2.75, 3.05) is 13.6 Å². The maximum Gasteiger partial charge on any atom is 0.224 e. The molecular weight excluding hydrogens is 323 g/mol. The Kier molecular flexibility index (Phi) is 4.87. The monoisotopic (exact) mass is 346 g/mol. The van der Waals surface area contributed by atoms with E-state index in [1.165, 1.54) is 12.1 Å². The molecule has 2 aromatic rings. The number of rotatable bonds is 5. The molecule has 0 bridgehead atoms. The number of likely N-dealkylation sites (tertiary alicyclic amines) is 1. The highest BCUT2D eigenvalue weighted by Gasteiger charge is 2.40. The molecule has 7 heteroatoms. The molecule has 3 rings (SSSR count). The number of amides is 1. The van der Waals surface area contributed by atoms with Crippen LogP contribution in [0.2, 0.25) is 0 Å². The van der Waals surface area contributed by atoms with Gasteiger partial charge in [0.1, 0.15) is 5.82 Å². The van der Waals surface area contributed by atoms with Gasteiger partial charge in [-0.2, -0.15) is 5.10 Å². The molecule has 1 saturated heterocycles. The topological polar surface area (TPSA) is 70.4 Å². The van der Waals surface area contributed by atoms with Gasteiger partial charge in [0.05, 0.1) is 18.3 Å². The van der Waals surface area contributed by atoms with Crippen molar-refractivity contribution in [2.45, 2.75) is 31.5 Å². The van der Waals surface area contributed by atoms with Crippen LogP contribution in [0.25, 0.3) is 0 Å². The first kappa shape index (κ1) is 17.6. The molecule has 134 valence electrons. The third-order valence-corrected chi connectivity index (χ3v) is 4.99. The summed E-state index contributed by atoms with van der Waals surface area (Å²) in [5.41, 5.74) is 2.51. The summed E-state index contributed by atoms with van der Waals surface area (Å²) in [6.07, 6.45) is 1.30. The summed E-state index contributed by atoms with van der Waals surface area (Å²) in [6, 6.07) is 5.65. The van der Waals surface area contributed by atoms with Crippen molar-refractivity contribution in [3.05, 3.63) is 53.1 Å². The van der Waals surface area contributed by atoms with Crippen molar-refractivity contribution in [1.29, 1.82) is 0 Å². The van der Waals surface area contributed by atoms with E-state index in [0.717, 1.165) is 11.3 Å². The highest BCUT2D eigenvalue weighted by Crippen LogP contribution is 2.33. The van der Waals surface area contributed by atoms with Crippen LogP contribution in [0.5, 0.6) is 0 Å². The summed E-state index contributed by atoms with van der Waals surface area (Å²) in [5.74, 6) is -0.331. The minimum Gasteiger partial charge on any atom is -0.387 e. The molecule has 1 aliphatic rings.